The Balaban J connectivity index is 1.40. The summed E-state index contributed by atoms with van der Waals surface area (Å²) in [5.74, 6) is 1.43. The van der Waals surface area contributed by atoms with Gasteiger partial charge in [-0.15, -0.1) is 0 Å². The summed E-state index contributed by atoms with van der Waals surface area (Å²) in [7, 11) is 3.86. The summed E-state index contributed by atoms with van der Waals surface area (Å²) in [5, 5.41) is 6.95. The number of nitrogens with one attached hydrogen (secondary N) is 2. The molecule has 3 aromatic heterocycles. The van der Waals surface area contributed by atoms with Crippen LogP contribution in [0.1, 0.15) is 41.3 Å². The largest absolute Gasteiger partial charge is 0.364 e. The minimum absolute atomic E-state index is 0.0531. The number of nitrogens with zero attached hydrogens (tertiary/aromatic N) is 5. The molecule has 1 saturated carbocycles. The fourth-order valence-corrected chi connectivity index (χ4v) is 4.19. The van der Waals surface area contributed by atoms with Gasteiger partial charge in [0.2, 0.25) is 5.95 Å². The highest BCUT2D eigenvalue weighted by atomic mass is 35.5. The van der Waals surface area contributed by atoms with Crippen molar-refractivity contribution in [1.82, 2.24) is 24.4 Å². The SMILES string of the molecule is CN1CCc2nc(C3CC3)c(Nc3ncc(Cl)c(NCc4cccn(C)c4=O)n3)cc2C1. The molecule has 0 aromatic carbocycles. The first-order chi connectivity index (χ1) is 15.5. The molecule has 32 heavy (non-hydrogen) atoms. The zero-order chi connectivity index (χ0) is 22.2. The Labute approximate surface area is 191 Å². The lowest BCUT2D eigenvalue weighted by molar-refractivity contribution is 0.309. The molecule has 8 nitrogen and oxygen atoms in total. The smallest absolute Gasteiger partial charge is 0.255 e. The van der Waals surface area contributed by atoms with Gasteiger partial charge in [0.05, 0.1) is 17.6 Å². The van der Waals surface area contributed by atoms with Crippen LogP contribution in [-0.2, 0) is 26.6 Å². The van der Waals surface area contributed by atoms with E-state index in [0.717, 1.165) is 30.9 Å². The van der Waals surface area contributed by atoms with Crippen LogP contribution in [0.3, 0.4) is 0 Å². The van der Waals surface area contributed by atoms with Crippen LogP contribution in [0.5, 0.6) is 0 Å². The van der Waals surface area contributed by atoms with Gasteiger partial charge in [-0.05, 0) is 37.6 Å². The quantitative estimate of drug-likeness (QED) is 0.593. The number of aromatic nitrogens is 4. The van der Waals surface area contributed by atoms with Crippen LogP contribution in [-0.4, -0.2) is 38.0 Å². The Morgan fingerprint density at radius 3 is 2.91 bits per heavy atom. The summed E-state index contributed by atoms with van der Waals surface area (Å²) in [6.07, 6.45) is 6.61. The van der Waals surface area contributed by atoms with Crippen LogP contribution < -0.4 is 16.2 Å². The number of hydrogen-bond donors (Lipinski definition) is 2. The number of pyridine rings is 2. The summed E-state index contributed by atoms with van der Waals surface area (Å²) in [4.78, 5) is 28.5. The summed E-state index contributed by atoms with van der Waals surface area (Å²) < 4.78 is 1.55. The van der Waals surface area contributed by atoms with Crippen molar-refractivity contribution < 1.29 is 0 Å². The van der Waals surface area contributed by atoms with E-state index in [-0.39, 0.29) is 5.56 Å². The standard InChI is InChI=1S/C23H26ClN7O/c1-30-9-7-18-16(13-30)10-19(20(27-18)14-5-6-14)28-23-26-12-17(24)21(29-23)25-11-15-4-3-8-31(2)22(15)32/h3-4,8,10,12,14H,5-7,9,11,13H2,1-2H3,(H2,25,26,28,29). The van der Waals surface area contributed by atoms with Crippen molar-refractivity contribution in [2.45, 2.75) is 38.3 Å². The molecule has 166 valence electrons. The lowest BCUT2D eigenvalue weighted by Crippen LogP contribution is -2.27. The van der Waals surface area contributed by atoms with E-state index in [1.807, 2.05) is 6.07 Å². The van der Waals surface area contributed by atoms with E-state index in [0.29, 0.717) is 34.8 Å². The summed E-state index contributed by atoms with van der Waals surface area (Å²) in [6.45, 7) is 2.25. The van der Waals surface area contributed by atoms with Crippen molar-refractivity contribution in [3.8, 4) is 0 Å². The van der Waals surface area contributed by atoms with Crippen LogP contribution in [0.25, 0.3) is 0 Å². The van der Waals surface area contributed by atoms with Crippen LogP contribution in [0, 0.1) is 0 Å². The number of hydrogen-bond acceptors (Lipinski definition) is 7. The molecule has 0 spiro atoms. The van der Waals surface area contributed by atoms with Crippen LogP contribution in [0.2, 0.25) is 5.02 Å². The maximum absolute atomic E-state index is 12.3. The number of likely N-dealkylation sites (N-methyl/N-ethyl adjacent to an activating group) is 1. The molecule has 3 aromatic rings. The average molecular weight is 452 g/mol. The van der Waals surface area contributed by atoms with Crippen molar-refractivity contribution in [2.75, 3.05) is 24.2 Å². The number of halogens is 1. The zero-order valence-corrected chi connectivity index (χ0v) is 19.0. The highest BCUT2D eigenvalue weighted by Crippen LogP contribution is 2.43. The molecule has 4 heterocycles. The predicted octanol–water partition coefficient (Wildman–Crippen LogP) is 3.44. The summed E-state index contributed by atoms with van der Waals surface area (Å²) >= 11 is 6.32. The second kappa shape index (κ2) is 8.52. The Kier molecular flexibility index (Phi) is 5.57. The van der Waals surface area contributed by atoms with E-state index in [2.05, 4.69) is 38.6 Å². The topological polar surface area (TPSA) is 88.0 Å². The Morgan fingerprint density at radius 2 is 2.09 bits per heavy atom. The second-order valence-corrected chi connectivity index (χ2v) is 9.01. The number of anilines is 3. The fraction of sp³-hybridized carbons (Fsp3) is 0.391. The molecule has 0 amide bonds. The van der Waals surface area contributed by atoms with Crippen LogP contribution in [0.4, 0.5) is 17.5 Å². The number of fused-ring (bicyclic) bond motifs is 1. The van der Waals surface area contributed by atoms with Crippen molar-refractivity contribution in [3.05, 3.63) is 68.5 Å². The predicted molar refractivity (Wildman–Crippen MR) is 126 cm³/mol. The fourth-order valence-electron chi connectivity index (χ4n) is 4.04. The normalized spacial score (nSPS) is 16.0. The number of rotatable bonds is 6. The molecule has 0 radical (unpaired) electrons. The lowest BCUT2D eigenvalue weighted by Gasteiger charge is -2.26. The van der Waals surface area contributed by atoms with Crippen molar-refractivity contribution in [3.63, 3.8) is 0 Å². The maximum Gasteiger partial charge on any atom is 0.255 e. The molecule has 2 N–H and O–H groups in total. The molecule has 0 atom stereocenters. The maximum atomic E-state index is 12.3. The Morgan fingerprint density at radius 1 is 1.25 bits per heavy atom. The van der Waals surface area contributed by atoms with Gasteiger partial charge in [0.15, 0.2) is 5.82 Å². The first-order valence-electron chi connectivity index (χ1n) is 10.9. The van der Waals surface area contributed by atoms with E-state index in [9.17, 15) is 4.79 Å². The highest BCUT2D eigenvalue weighted by Gasteiger charge is 2.30. The average Bonchev–Trinajstić information content (AvgIpc) is 3.61. The Hall–Kier alpha value is -2.97. The second-order valence-electron chi connectivity index (χ2n) is 8.61. The molecule has 2 aliphatic rings. The van der Waals surface area contributed by atoms with Gasteiger partial charge >= 0.3 is 0 Å². The number of aryl methyl sites for hydroxylation is 1. The minimum atomic E-state index is -0.0531. The van der Waals surface area contributed by atoms with Crippen LogP contribution >= 0.6 is 11.6 Å². The molecule has 5 rings (SSSR count). The molecule has 0 unspecified atom stereocenters. The van der Waals surface area contributed by atoms with Gasteiger partial charge in [0.1, 0.15) is 5.02 Å². The van der Waals surface area contributed by atoms with E-state index < -0.39 is 0 Å². The summed E-state index contributed by atoms with van der Waals surface area (Å²) in [5.41, 5.74) is 5.11. The molecule has 0 bridgehead atoms. The highest BCUT2D eigenvalue weighted by molar-refractivity contribution is 6.32. The molecule has 1 aliphatic carbocycles. The molecule has 9 heteroatoms. The molecular formula is C23H26ClN7O. The third-order valence-electron chi connectivity index (χ3n) is 5.99. The molecule has 0 saturated heterocycles. The van der Waals surface area contributed by atoms with E-state index in [4.69, 9.17) is 16.6 Å². The van der Waals surface area contributed by atoms with Crippen molar-refractivity contribution >= 4 is 29.1 Å². The molecular weight excluding hydrogens is 426 g/mol. The van der Waals surface area contributed by atoms with E-state index in [1.54, 1.807) is 30.1 Å². The molecule has 1 aliphatic heterocycles. The van der Waals surface area contributed by atoms with Gasteiger partial charge < -0.3 is 20.1 Å². The minimum Gasteiger partial charge on any atom is -0.364 e. The molecule has 1 fully saturated rings. The summed E-state index contributed by atoms with van der Waals surface area (Å²) in [6, 6.07) is 5.83. The lowest BCUT2D eigenvalue weighted by atomic mass is 10.0. The van der Waals surface area contributed by atoms with Gasteiger partial charge in [-0.3, -0.25) is 9.78 Å². The van der Waals surface area contributed by atoms with Crippen LogP contribution in [0.15, 0.2) is 35.4 Å². The van der Waals surface area contributed by atoms with Gasteiger partial charge in [-0.2, -0.15) is 4.98 Å². The first-order valence-corrected chi connectivity index (χ1v) is 11.2. The van der Waals surface area contributed by atoms with E-state index in [1.165, 1.54) is 24.1 Å². The van der Waals surface area contributed by atoms with Gasteiger partial charge in [-0.1, -0.05) is 17.7 Å². The Bertz CT molecular complexity index is 1220. The van der Waals surface area contributed by atoms with Crippen molar-refractivity contribution in [1.29, 1.82) is 0 Å². The van der Waals surface area contributed by atoms with Gasteiger partial charge in [0, 0.05) is 56.5 Å². The third kappa shape index (κ3) is 4.33. The van der Waals surface area contributed by atoms with Gasteiger partial charge in [0.25, 0.3) is 5.56 Å². The zero-order valence-electron chi connectivity index (χ0n) is 18.2. The van der Waals surface area contributed by atoms with Crippen molar-refractivity contribution in [2.24, 2.45) is 7.05 Å². The monoisotopic (exact) mass is 451 g/mol. The van der Waals surface area contributed by atoms with E-state index >= 15 is 0 Å². The van der Waals surface area contributed by atoms with Gasteiger partial charge in [-0.25, -0.2) is 4.98 Å². The third-order valence-corrected chi connectivity index (χ3v) is 6.27. The first kappa shape index (κ1) is 20.9.